The number of carboxylic acids is 1. The van der Waals surface area contributed by atoms with Crippen molar-refractivity contribution in [1.82, 2.24) is 9.62 Å². The standard InChI is InChI=1S/C15H22N2O4S/c1-16-22(20,21)14-7-5-12(6-8-14)11-17-9-3-2-4-13(17)10-15(18)19/h5-8,13,16H,2-4,9-11H2,1H3,(H,18,19). The highest BCUT2D eigenvalue weighted by Crippen LogP contribution is 2.22. The molecule has 6 nitrogen and oxygen atoms in total. The van der Waals surface area contributed by atoms with Crippen molar-refractivity contribution in [2.45, 2.75) is 43.2 Å². The van der Waals surface area contributed by atoms with Gasteiger partial charge >= 0.3 is 5.97 Å². The Labute approximate surface area is 131 Å². The van der Waals surface area contributed by atoms with E-state index in [4.69, 9.17) is 5.11 Å². The maximum absolute atomic E-state index is 11.7. The first kappa shape index (κ1) is 16.9. The molecule has 1 fully saturated rings. The molecule has 7 heteroatoms. The Balaban J connectivity index is 2.07. The molecule has 0 bridgehead atoms. The van der Waals surface area contributed by atoms with E-state index in [0.29, 0.717) is 6.54 Å². The molecule has 122 valence electrons. The van der Waals surface area contributed by atoms with E-state index >= 15 is 0 Å². The number of piperidine rings is 1. The lowest BCUT2D eigenvalue weighted by Crippen LogP contribution is -2.40. The molecule has 1 unspecified atom stereocenters. The van der Waals surface area contributed by atoms with E-state index in [1.807, 2.05) is 0 Å². The maximum atomic E-state index is 11.7. The van der Waals surface area contributed by atoms with Crippen LogP contribution in [0.5, 0.6) is 0 Å². The van der Waals surface area contributed by atoms with E-state index in [9.17, 15) is 13.2 Å². The zero-order chi connectivity index (χ0) is 16.2. The SMILES string of the molecule is CNS(=O)(=O)c1ccc(CN2CCCCC2CC(=O)O)cc1. The number of sulfonamides is 1. The summed E-state index contributed by atoms with van der Waals surface area (Å²) in [7, 11) is -2.03. The van der Waals surface area contributed by atoms with Gasteiger partial charge in [0.1, 0.15) is 0 Å². The highest BCUT2D eigenvalue weighted by atomic mass is 32.2. The summed E-state index contributed by atoms with van der Waals surface area (Å²) in [5, 5.41) is 9.00. The minimum atomic E-state index is -3.42. The van der Waals surface area contributed by atoms with Crippen LogP contribution in [0.2, 0.25) is 0 Å². The van der Waals surface area contributed by atoms with Gasteiger partial charge in [-0.05, 0) is 44.1 Å². The van der Waals surface area contributed by atoms with Gasteiger partial charge in [0, 0.05) is 12.6 Å². The smallest absolute Gasteiger partial charge is 0.304 e. The second-order valence-electron chi connectivity index (χ2n) is 5.57. The fraction of sp³-hybridized carbons (Fsp3) is 0.533. The molecule has 22 heavy (non-hydrogen) atoms. The van der Waals surface area contributed by atoms with Crippen LogP contribution in [-0.2, 0) is 21.4 Å². The Morgan fingerprint density at radius 2 is 2.00 bits per heavy atom. The molecule has 0 radical (unpaired) electrons. The number of rotatable bonds is 6. The number of benzene rings is 1. The lowest BCUT2D eigenvalue weighted by molar-refractivity contribution is -0.138. The van der Waals surface area contributed by atoms with Crippen molar-refractivity contribution in [3.63, 3.8) is 0 Å². The number of carboxylic acid groups (broad SMARTS) is 1. The molecule has 0 aromatic heterocycles. The first-order chi connectivity index (χ1) is 10.4. The van der Waals surface area contributed by atoms with Gasteiger partial charge in [-0.3, -0.25) is 9.69 Å². The molecule has 1 saturated heterocycles. The summed E-state index contributed by atoms with van der Waals surface area (Å²) in [5.41, 5.74) is 0.993. The van der Waals surface area contributed by atoms with Crippen LogP contribution < -0.4 is 4.72 Å². The largest absolute Gasteiger partial charge is 0.481 e. The Hall–Kier alpha value is -1.44. The predicted molar refractivity (Wildman–Crippen MR) is 83.0 cm³/mol. The molecule has 0 amide bonds. The second-order valence-corrected chi connectivity index (χ2v) is 7.46. The van der Waals surface area contributed by atoms with E-state index in [1.54, 1.807) is 24.3 Å². The minimum Gasteiger partial charge on any atom is -0.481 e. The summed E-state index contributed by atoms with van der Waals surface area (Å²) in [5.74, 6) is -0.771. The van der Waals surface area contributed by atoms with Crippen LogP contribution in [0.25, 0.3) is 0 Å². The number of hydrogen-bond donors (Lipinski definition) is 2. The van der Waals surface area contributed by atoms with Crippen molar-refractivity contribution >= 4 is 16.0 Å². The molecule has 1 aromatic rings. The van der Waals surface area contributed by atoms with Crippen molar-refractivity contribution in [2.75, 3.05) is 13.6 Å². The van der Waals surface area contributed by atoms with Gasteiger partial charge < -0.3 is 5.11 Å². The van der Waals surface area contributed by atoms with Gasteiger partial charge in [0.15, 0.2) is 0 Å². The Morgan fingerprint density at radius 3 is 2.59 bits per heavy atom. The molecule has 2 rings (SSSR count). The van der Waals surface area contributed by atoms with Crippen LogP contribution in [0.4, 0.5) is 0 Å². The van der Waals surface area contributed by atoms with Gasteiger partial charge in [-0.15, -0.1) is 0 Å². The normalized spacial score (nSPS) is 20.0. The van der Waals surface area contributed by atoms with Crippen LogP contribution in [0.3, 0.4) is 0 Å². The van der Waals surface area contributed by atoms with E-state index in [-0.39, 0.29) is 17.4 Å². The molecule has 1 heterocycles. The van der Waals surface area contributed by atoms with E-state index in [1.165, 1.54) is 7.05 Å². The lowest BCUT2D eigenvalue weighted by Gasteiger charge is -2.35. The summed E-state index contributed by atoms with van der Waals surface area (Å²) in [6, 6.07) is 6.80. The molecule has 1 aliphatic heterocycles. The Morgan fingerprint density at radius 1 is 1.32 bits per heavy atom. The summed E-state index contributed by atoms with van der Waals surface area (Å²) >= 11 is 0. The summed E-state index contributed by atoms with van der Waals surface area (Å²) in [6.07, 6.45) is 3.20. The molecule has 1 aromatic carbocycles. The number of nitrogens with zero attached hydrogens (tertiary/aromatic N) is 1. The molecule has 1 atom stereocenters. The fourth-order valence-electron chi connectivity index (χ4n) is 2.83. The average molecular weight is 326 g/mol. The lowest BCUT2D eigenvalue weighted by atomic mass is 9.98. The van der Waals surface area contributed by atoms with Crippen LogP contribution in [0.1, 0.15) is 31.2 Å². The fourth-order valence-corrected chi connectivity index (χ4v) is 3.56. The maximum Gasteiger partial charge on any atom is 0.304 e. The van der Waals surface area contributed by atoms with Crippen LogP contribution >= 0.6 is 0 Å². The molecule has 2 N–H and O–H groups in total. The van der Waals surface area contributed by atoms with E-state index < -0.39 is 16.0 Å². The summed E-state index contributed by atoms with van der Waals surface area (Å²) in [4.78, 5) is 13.4. The van der Waals surface area contributed by atoms with Crippen LogP contribution in [0.15, 0.2) is 29.2 Å². The average Bonchev–Trinajstić information content (AvgIpc) is 2.49. The predicted octanol–water partition coefficient (Wildman–Crippen LogP) is 1.42. The Kier molecular flexibility index (Phi) is 5.55. The molecule has 0 spiro atoms. The molecular formula is C15H22N2O4S. The minimum absolute atomic E-state index is 0.0620. The van der Waals surface area contributed by atoms with Crippen molar-refractivity contribution < 1.29 is 18.3 Å². The van der Waals surface area contributed by atoms with Gasteiger partial charge in [-0.25, -0.2) is 13.1 Å². The molecule has 0 saturated carbocycles. The third kappa shape index (κ3) is 4.28. The quantitative estimate of drug-likeness (QED) is 0.826. The highest BCUT2D eigenvalue weighted by molar-refractivity contribution is 7.89. The monoisotopic (exact) mass is 326 g/mol. The van der Waals surface area contributed by atoms with E-state index in [2.05, 4.69) is 9.62 Å². The van der Waals surface area contributed by atoms with Crippen molar-refractivity contribution in [1.29, 1.82) is 0 Å². The third-order valence-corrected chi connectivity index (χ3v) is 5.48. The van der Waals surface area contributed by atoms with Gasteiger partial charge in [0.05, 0.1) is 11.3 Å². The topological polar surface area (TPSA) is 86.7 Å². The van der Waals surface area contributed by atoms with Crippen LogP contribution in [-0.4, -0.2) is 44.0 Å². The zero-order valence-electron chi connectivity index (χ0n) is 12.7. The number of nitrogens with one attached hydrogen (secondary N) is 1. The van der Waals surface area contributed by atoms with Crippen LogP contribution in [0, 0.1) is 0 Å². The zero-order valence-corrected chi connectivity index (χ0v) is 13.5. The van der Waals surface area contributed by atoms with Crippen molar-refractivity contribution in [3.8, 4) is 0 Å². The number of aliphatic carboxylic acids is 1. The Bertz CT molecular complexity index is 613. The van der Waals surface area contributed by atoms with Gasteiger partial charge in [0.25, 0.3) is 0 Å². The van der Waals surface area contributed by atoms with Gasteiger partial charge in [-0.1, -0.05) is 18.6 Å². The number of likely N-dealkylation sites (tertiary alicyclic amines) is 1. The van der Waals surface area contributed by atoms with Gasteiger partial charge in [0.2, 0.25) is 10.0 Å². The third-order valence-electron chi connectivity index (χ3n) is 4.05. The molecule has 1 aliphatic rings. The van der Waals surface area contributed by atoms with Crippen molar-refractivity contribution in [2.24, 2.45) is 0 Å². The molecular weight excluding hydrogens is 304 g/mol. The first-order valence-corrected chi connectivity index (χ1v) is 8.89. The highest BCUT2D eigenvalue weighted by Gasteiger charge is 2.24. The summed E-state index contributed by atoms with van der Waals surface area (Å²) in [6.45, 7) is 1.53. The van der Waals surface area contributed by atoms with Gasteiger partial charge in [-0.2, -0.15) is 0 Å². The number of hydrogen-bond acceptors (Lipinski definition) is 4. The van der Waals surface area contributed by atoms with Crippen molar-refractivity contribution in [3.05, 3.63) is 29.8 Å². The summed E-state index contributed by atoms with van der Waals surface area (Å²) < 4.78 is 25.7. The first-order valence-electron chi connectivity index (χ1n) is 7.40. The molecule has 0 aliphatic carbocycles. The number of carbonyl (C=O) groups is 1. The van der Waals surface area contributed by atoms with E-state index in [0.717, 1.165) is 31.4 Å². The second kappa shape index (κ2) is 7.21.